The van der Waals surface area contributed by atoms with E-state index in [1.807, 2.05) is 0 Å². The Hall–Kier alpha value is -0.770. The molecule has 1 aromatic carbocycles. The van der Waals surface area contributed by atoms with Gasteiger partial charge >= 0.3 is 0 Å². The molecule has 0 amide bonds. The minimum absolute atomic E-state index is 0.176. The Morgan fingerprint density at radius 3 is 2.76 bits per heavy atom. The van der Waals surface area contributed by atoms with Gasteiger partial charge in [-0.2, -0.15) is 0 Å². The Kier molecular flexibility index (Phi) is 3.92. The highest BCUT2D eigenvalue weighted by atomic mass is 35.5. The van der Waals surface area contributed by atoms with Crippen LogP contribution in [0.5, 0.6) is 0 Å². The molecule has 3 nitrogen and oxygen atoms in total. The van der Waals surface area contributed by atoms with Gasteiger partial charge in [-0.05, 0) is 36.2 Å². The van der Waals surface area contributed by atoms with Crippen LogP contribution < -0.4 is 5.56 Å². The fraction of sp³-hybridized carbons (Fsp3) is 0.273. The fourth-order valence-corrected chi connectivity index (χ4v) is 2.12. The summed E-state index contributed by atoms with van der Waals surface area (Å²) in [4.78, 5) is 16.3. The lowest BCUT2D eigenvalue weighted by Crippen LogP contribution is -2.22. The molecule has 90 valence electrons. The molecule has 0 atom stereocenters. The minimum Gasteiger partial charge on any atom is -0.283 e. The average molecular weight is 292 g/mol. The molecule has 0 saturated carbocycles. The summed E-state index contributed by atoms with van der Waals surface area (Å²) in [6.45, 7) is 0.455. The Balaban J connectivity index is 2.65. The van der Waals surface area contributed by atoms with Gasteiger partial charge in [0.2, 0.25) is 5.28 Å². The van der Waals surface area contributed by atoms with Gasteiger partial charge in [-0.15, -0.1) is 11.6 Å². The first kappa shape index (κ1) is 12.7. The van der Waals surface area contributed by atoms with Crippen molar-refractivity contribution in [3.05, 3.63) is 38.9 Å². The number of alkyl halides is 1. The lowest BCUT2D eigenvalue weighted by atomic mass is 10.2. The summed E-state index contributed by atoms with van der Waals surface area (Å²) in [6, 6.07) is 4.95. The molecule has 1 aromatic heterocycles. The molecular formula is C11H9Cl3N2O. The number of hydrogen-bond acceptors (Lipinski definition) is 2. The smallest absolute Gasteiger partial charge is 0.262 e. The molecule has 0 radical (unpaired) electrons. The summed E-state index contributed by atoms with van der Waals surface area (Å²) in [5.41, 5.74) is 0.360. The summed E-state index contributed by atoms with van der Waals surface area (Å²) in [7, 11) is 0. The molecule has 0 saturated heterocycles. The van der Waals surface area contributed by atoms with Crippen LogP contribution in [-0.4, -0.2) is 15.4 Å². The number of fused-ring (bicyclic) bond motifs is 1. The predicted molar refractivity (Wildman–Crippen MR) is 71.4 cm³/mol. The molecule has 2 aromatic rings. The molecule has 0 unspecified atom stereocenters. The molecule has 17 heavy (non-hydrogen) atoms. The number of benzene rings is 1. The van der Waals surface area contributed by atoms with Gasteiger partial charge in [-0.3, -0.25) is 9.36 Å². The van der Waals surface area contributed by atoms with Gasteiger partial charge < -0.3 is 0 Å². The first-order valence-corrected chi connectivity index (χ1v) is 6.34. The van der Waals surface area contributed by atoms with Crippen molar-refractivity contribution in [3.63, 3.8) is 0 Å². The van der Waals surface area contributed by atoms with Crippen LogP contribution in [0.15, 0.2) is 23.0 Å². The van der Waals surface area contributed by atoms with Crippen molar-refractivity contribution in [3.8, 4) is 0 Å². The predicted octanol–water partition coefficient (Wildman–Crippen LogP) is 3.33. The summed E-state index contributed by atoms with van der Waals surface area (Å²) in [5, 5.41) is 1.15. The van der Waals surface area contributed by atoms with Crippen molar-refractivity contribution in [1.29, 1.82) is 0 Å². The van der Waals surface area contributed by atoms with Crippen molar-refractivity contribution in [1.82, 2.24) is 9.55 Å². The average Bonchev–Trinajstić information content (AvgIpc) is 2.30. The monoisotopic (exact) mass is 290 g/mol. The van der Waals surface area contributed by atoms with Gasteiger partial charge in [0, 0.05) is 17.4 Å². The molecule has 0 fully saturated rings. The van der Waals surface area contributed by atoms with Crippen molar-refractivity contribution in [2.45, 2.75) is 13.0 Å². The molecule has 0 aliphatic rings. The van der Waals surface area contributed by atoms with Crippen LogP contribution in [0, 0.1) is 0 Å². The van der Waals surface area contributed by atoms with Gasteiger partial charge in [0.05, 0.1) is 10.9 Å². The van der Waals surface area contributed by atoms with Crippen LogP contribution in [0.25, 0.3) is 10.9 Å². The molecule has 0 N–H and O–H groups in total. The Bertz CT molecular complexity index is 609. The molecule has 0 aliphatic heterocycles. The van der Waals surface area contributed by atoms with Crippen LogP contribution in [0.1, 0.15) is 6.42 Å². The lowest BCUT2D eigenvalue weighted by Gasteiger charge is -2.08. The highest BCUT2D eigenvalue weighted by Crippen LogP contribution is 2.17. The third-order valence-corrected chi connectivity index (χ3v) is 3.18. The Morgan fingerprint density at radius 2 is 2.06 bits per heavy atom. The largest absolute Gasteiger partial charge is 0.283 e. The Morgan fingerprint density at radius 1 is 1.29 bits per heavy atom. The van der Waals surface area contributed by atoms with Gasteiger partial charge in [-0.1, -0.05) is 11.6 Å². The SMILES string of the molecule is O=c1c2cc(Cl)ccc2nc(Cl)n1CCCCl. The van der Waals surface area contributed by atoms with E-state index >= 15 is 0 Å². The van der Waals surface area contributed by atoms with Crippen molar-refractivity contribution in [2.75, 3.05) is 5.88 Å². The number of nitrogens with zero attached hydrogens (tertiary/aromatic N) is 2. The maximum absolute atomic E-state index is 12.1. The van der Waals surface area contributed by atoms with Gasteiger partial charge in [-0.25, -0.2) is 4.98 Å². The van der Waals surface area contributed by atoms with E-state index in [0.29, 0.717) is 34.8 Å². The van der Waals surface area contributed by atoms with E-state index in [9.17, 15) is 4.79 Å². The molecule has 0 spiro atoms. The minimum atomic E-state index is -0.187. The second-order valence-electron chi connectivity index (χ2n) is 3.54. The number of halogens is 3. The molecule has 0 bridgehead atoms. The van der Waals surface area contributed by atoms with Crippen LogP contribution in [0.2, 0.25) is 10.3 Å². The van der Waals surface area contributed by atoms with E-state index in [0.717, 1.165) is 0 Å². The molecule has 6 heteroatoms. The summed E-state index contributed by atoms with van der Waals surface area (Å²) in [6.07, 6.45) is 0.662. The van der Waals surface area contributed by atoms with E-state index in [2.05, 4.69) is 4.98 Å². The van der Waals surface area contributed by atoms with Crippen LogP contribution in [-0.2, 0) is 6.54 Å². The zero-order valence-corrected chi connectivity index (χ0v) is 11.1. The maximum Gasteiger partial charge on any atom is 0.262 e. The van der Waals surface area contributed by atoms with E-state index in [4.69, 9.17) is 34.8 Å². The normalized spacial score (nSPS) is 11.0. The molecule has 1 heterocycles. The zero-order valence-electron chi connectivity index (χ0n) is 8.79. The van der Waals surface area contributed by atoms with Crippen LogP contribution >= 0.6 is 34.8 Å². The highest BCUT2D eigenvalue weighted by Gasteiger charge is 2.09. The second kappa shape index (κ2) is 5.25. The third-order valence-electron chi connectivity index (χ3n) is 2.38. The van der Waals surface area contributed by atoms with Crippen molar-refractivity contribution >= 4 is 45.7 Å². The topological polar surface area (TPSA) is 34.9 Å². The van der Waals surface area contributed by atoms with Gasteiger partial charge in [0.25, 0.3) is 5.56 Å². The molecule has 2 rings (SSSR count). The zero-order chi connectivity index (χ0) is 12.4. The lowest BCUT2D eigenvalue weighted by molar-refractivity contribution is 0.652. The maximum atomic E-state index is 12.1. The second-order valence-corrected chi connectivity index (χ2v) is 4.69. The van der Waals surface area contributed by atoms with E-state index in [1.54, 1.807) is 18.2 Å². The van der Waals surface area contributed by atoms with Gasteiger partial charge in [0.1, 0.15) is 0 Å². The standard InChI is InChI=1S/C11H9Cl3N2O/c12-4-1-5-16-10(17)8-6-7(13)2-3-9(8)15-11(16)14/h2-3,6H,1,4-5H2. The highest BCUT2D eigenvalue weighted by molar-refractivity contribution is 6.31. The molecular weight excluding hydrogens is 282 g/mol. The van der Waals surface area contributed by atoms with E-state index in [1.165, 1.54) is 4.57 Å². The van der Waals surface area contributed by atoms with E-state index < -0.39 is 0 Å². The number of hydrogen-bond donors (Lipinski definition) is 0. The summed E-state index contributed by atoms with van der Waals surface area (Å²) in [5.74, 6) is 0.469. The first-order valence-electron chi connectivity index (χ1n) is 5.05. The number of aromatic nitrogens is 2. The fourth-order valence-electron chi connectivity index (χ4n) is 1.58. The summed E-state index contributed by atoms with van der Waals surface area (Å²) >= 11 is 17.4. The third kappa shape index (κ3) is 2.57. The van der Waals surface area contributed by atoms with Crippen LogP contribution in [0.4, 0.5) is 0 Å². The van der Waals surface area contributed by atoms with E-state index in [-0.39, 0.29) is 10.8 Å². The van der Waals surface area contributed by atoms with Gasteiger partial charge in [0.15, 0.2) is 0 Å². The quantitative estimate of drug-likeness (QED) is 0.642. The first-order chi connectivity index (χ1) is 8.13. The van der Waals surface area contributed by atoms with Crippen LogP contribution in [0.3, 0.4) is 0 Å². The molecule has 0 aliphatic carbocycles. The van der Waals surface area contributed by atoms with Crippen molar-refractivity contribution < 1.29 is 0 Å². The summed E-state index contributed by atoms with van der Waals surface area (Å²) < 4.78 is 1.41. The number of rotatable bonds is 3. The Labute approximate surface area is 113 Å². The van der Waals surface area contributed by atoms with Crippen molar-refractivity contribution in [2.24, 2.45) is 0 Å².